The van der Waals surface area contributed by atoms with E-state index in [9.17, 15) is 0 Å². The van der Waals surface area contributed by atoms with Crippen LogP contribution in [-0.2, 0) is 0 Å². The van der Waals surface area contributed by atoms with Crippen molar-refractivity contribution in [2.75, 3.05) is 11.9 Å². The van der Waals surface area contributed by atoms with Crippen LogP contribution in [0.3, 0.4) is 0 Å². The molecular weight excluding hydrogens is 219 g/mol. The number of anilines is 1. The maximum atomic E-state index is 5.85. The van der Waals surface area contributed by atoms with Crippen molar-refractivity contribution in [3.8, 4) is 0 Å². The van der Waals surface area contributed by atoms with E-state index in [4.69, 9.17) is 23.2 Å². The first-order valence-electron chi connectivity index (χ1n) is 4.64. The Kier molecular flexibility index (Phi) is 2.58. The number of hydrogen-bond acceptors (Lipinski definition) is 2. The topological polar surface area (TPSA) is 24.9 Å². The van der Waals surface area contributed by atoms with E-state index in [1.54, 1.807) is 6.20 Å². The molecule has 14 heavy (non-hydrogen) atoms. The number of nitrogens with zero attached hydrogens (tertiary/aromatic N) is 1. The molecule has 1 aromatic rings. The van der Waals surface area contributed by atoms with Crippen LogP contribution >= 0.6 is 23.2 Å². The highest BCUT2D eigenvalue weighted by Crippen LogP contribution is 2.44. The van der Waals surface area contributed by atoms with E-state index in [2.05, 4.69) is 17.2 Å². The van der Waals surface area contributed by atoms with Gasteiger partial charge in [0.25, 0.3) is 0 Å². The maximum Gasteiger partial charge on any atom is 0.147 e. The molecule has 0 unspecified atom stereocenters. The first-order valence-corrected chi connectivity index (χ1v) is 5.40. The Bertz CT molecular complexity index is 348. The van der Waals surface area contributed by atoms with Crippen LogP contribution in [0, 0.1) is 5.41 Å². The molecule has 1 N–H and O–H groups in total. The Labute approximate surface area is 93.6 Å². The number of halogens is 2. The van der Waals surface area contributed by atoms with E-state index in [0.717, 1.165) is 12.2 Å². The third kappa shape index (κ3) is 2.31. The molecule has 1 aromatic heterocycles. The van der Waals surface area contributed by atoms with Gasteiger partial charge in [0.1, 0.15) is 5.15 Å². The summed E-state index contributed by atoms with van der Waals surface area (Å²) in [7, 11) is 0. The largest absolute Gasteiger partial charge is 0.383 e. The highest BCUT2D eigenvalue weighted by atomic mass is 35.5. The lowest BCUT2D eigenvalue weighted by Crippen LogP contribution is -2.11. The number of nitrogens with one attached hydrogen (secondary N) is 1. The summed E-state index contributed by atoms with van der Waals surface area (Å²) in [5.74, 6) is 0. The molecule has 0 aliphatic heterocycles. The summed E-state index contributed by atoms with van der Waals surface area (Å²) in [6.45, 7) is 3.25. The van der Waals surface area contributed by atoms with Crippen LogP contribution in [0.4, 0.5) is 5.69 Å². The molecule has 0 bridgehead atoms. The van der Waals surface area contributed by atoms with Gasteiger partial charge in [-0.25, -0.2) is 4.98 Å². The lowest BCUT2D eigenvalue weighted by atomic mass is 10.1. The monoisotopic (exact) mass is 230 g/mol. The number of hydrogen-bond donors (Lipinski definition) is 1. The molecule has 0 spiro atoms. The predicted octanol–water partition coefficient (Wildman–Crippen LogP) is 3.60. The Morgan fingerprint density at radius 1 is 1.50 bits per heavy atom. The van der Waals surface area contributed by atoms with E-state index in [0.29, 0.717) is 15.6 Å². The van der Waals surface area contributed by atoms with Crippen molar-refractivity contribution in [2.24, 2.45) is 5.41 Å². The smallest absolute Gasteiger partial charge is 0.147 e. The van der Waals surface area contributed by atoms with Crippen LogP contribution < -0.4 is 5.32 Å². The van der Waals surface area contributed by atoms with Crippen LogP contribution in [0.2, 0.25) is 10.2 Å². The lowest BCUT2D eigenvalue weighted by molar-refractivity contribution is 0.610. The number of rotatable bonds is 3. The Hall–Kier alpha value is -0.470. The highest BCUT2D eigenvalue weighted by molar-refractivity contribution is 6.41. The molecule has 2 nitrogen and oxygen atoms in total. The molecule has 4 heteroatoms. The van der Waals surface area contributed by atoms with Gasteiger partial charge >= 0.3 is 0 Å². The van der Waals surface area contributed by atoms with Gasteiger partial charge in [0, 0.05) is 6.54 Å². The molecule has 0 saturated heterocycles. The molecule has 0 aromatic carbocycles. The Balaban J connectivity index is 1.99. The zero-order valence-corrected chi connectivity index (χ0v) is 9.49. The zero-order chi connectivity index (χ0) is 10.2. The van der Waals surface area contributed by atoms with Crippen LogP contribution in [-0.4, -0.2) is 11.5 Å². The van der Waals surface area contributed by atoms with E-state index in [-0.39, 0.29) is 0 Å². The third-order valence-electron chi connectivity index (χ3n) is 2.62. The average Bonchev–Trinajstić information content (AvgIpc) is 2.87. The molecule has 0 radical (unpaired) electrons. The van der Waals surface area contributed by atoms with Crippen molar-refractivity contribution in [1.82, 2.24) is 4.98 Å². The minimum Gasteiger partial charge on any atom is -0.383 e. The number of aromatic nitrogens is 1. The second-order valence-corrected chi connectivity index (χ2v) is 4.93. The van der Waals surface area contributed by atoms with Gasteiger partial charge in [-0.1, -0.05) is 30.1 Å². The van der Waals surface area contributed by atoms with Gasteiger partial charge in [-0.2, -0.15) is 0 Å². The summed E-state index contributed by atoms with van der Waals surface area (Å²) in [6.07, 6.45) is 4.31. The van der Waals surface area contributed by atoms with Crippen molar-refractivity contribution in [3.05, 3.63) is 22.4 Å². The average molecular weight is 231 g/mol. The van der Waals surface area contributed by atoms with Crippen LogP contribution in [0.5, 0.6) is 0 Å². The standard InChI is InChI=1S/C10H12Cl2N2/c1-10(2-3-10)6-14-7-4-8(11)9(12)13-5-7/h4-5,14H,2-3,6H2,1H3. The van der Waals surface area contributed by atoms with Gasteiger partial charge in [0.2, 0.25) is 0 Å². The first kappa shape index (κ1) is 10.1. The molecule has 1 aliphatic carbocycles. The molecular formula is C10H12Cl2N2. The second kappa shape index (κ2) is 3.59. The fourth-order valence-corrected chi connectivity index (χ4v) is 1.49. The van der Waals surface area contributed by atoms with Crippen molar-refractivity contribution < 1.29 is 0 Å². The summed E-state index contributed by atoms with van der Waals surface area (Å²) >= 11 is 11.6. The Morgan fingerprint density at radius 2 is 2.21 bits per heavy atom. The van der Waals surface area contributed by atoms with Crippen molar-refractivity contribution >= 4 is 28.9 Å². The van der Waals surface area contributed by atoms with E-state index in [1.807, 2.05) is 6.07 Å². The maximum absolute atomic E-state index is 5.85. The Morgan fingerprint density at radius 3 is 2.79 bits per heavy atom. The third-order valence-corrected chi connectivity index (χ3v) is 3.31. The summed E-state index contributed by atoms with van der Waals surface area (Å²) in [5.41, 5.74) is 1.42. The minimum absolute atomic E-state index is 0.356. The van der Waals surface area contributed by atoms with Gasteiger partial charge in [-0.05, 0) is 24.3 Å². The van der Waals surface area contributed by atoms with Gasteiger partial charge in [-0.15, -0.1) is 0 Å². The SMILES string of the molecule is CC1(CNc2cnc(Cl)c(Cl)c2)CC1. The normalized spacial score (nSPS) is 17.9. The van der Waals surface area contributed by atoms with Gasteiger partial charge < -0.3 is 5.32 Å². The van der Waals surface area contributed by atoms with Gasteiger partial charge in [0.05, 0.1) is 16.9 Å². The van der Waals surface area contributed by atoms with E-state index >= 15 is 0 Å². The fraction of sp³-hybridized carbons (Fsp3) is 0.500. The molecule has 76 valence electrons. The molecule has 1 aliphatic rings. The summed E-state index contributed by atoms with van der Waals surface area (Å²) in [5, 5.41) is 4.16. The summed E-state index contributed by atoms with van der Waals surface area (Å²) in [6, 6.07) is 1.81. The highest BCUT2D eigenvalue weighted by Gasteiger charge is 2.36. The van der Waals surface area contributed by atoms with Gasteiger partial charge in [0.15, 0.2) is 0 Å². The lowest BCUT2D eigenvalue weighted by Gasteiger charge is -2.11. The zero-order valence-electron chi connectivity index (χ0n) is 7.98. The van der Waals surface area contributed by atoms with Crippen molar-refractivity contribution in [2.45, 2.75) is 19.8 Å². The molecule has 0 atom stereocenters. The summed E-state index contributed by atoms with van der Waals surface area (Å²) < 4.78 is 0. The minimum atomic E-state index is 0.356. The second-order valence-electron chi connectivity index (χ2n) is 4.16. The molecule has 1 saturated carbocycles. The van der Waals surface area contributed by atoms with Gasteiger partial charge in [-0.3, -0.25) is 0 Å². The van der Waals surface area contributed by atoms with Crippen molar-refractivity contribution in [1.29, 1.82) is 0 Å². The quantitative estimate of drug-likeness (QED) is 0.804. The first-order chi connectivity index (χ1) is 6.59. The number of pyridine rings is 1. The van der Waals surface area contributed by atoms with Crippen LogP contribution in [0.1, 0.15) is 19.8 Å². The van der Waals surface area contributed by atoms with E-state index in [1.165, 1.54) is 12.8 Å². The fourth-order valence-electron chi connectivity index (χ4n) is 1.22. The molecule has 1 fully saturated rings. The molecule has 1 heterocycles. The molecule has 0 amide bonds. The van der Waals surface area contributed by atoms with E-state index < -0.39 is 0 Å². The van der Waals surface area contributed by atoms with Crippen LogP contribution in [0.15, 0.2) is 12.3 Å². The predicted molar refractivity (Wildman–Crippen MR) is 60.1 cm³/mol. The van der Waals surface area contributed by atoms with Crippen LogP contribution in [0.25, 0.3) is 0 Å². The summed E-state index contributed by atoms with van der Waals surface area (Å²) in [4.78, 5) is 3.97. The molecule has 2 rings (SSSR count). The van der Waals surface area contributed by atoms with Crippen molar-refractivity contribution in [3.63, 3.8) is 0 Å².